The molecule has 6 aliphatic rings. The van der Waals surface area contributed by atoms with E-state index >= 15 is 0 Å². The largest absolute Gasteiger partial charge is 0.413 e. The van der Waals surface area contributed by atoms with Crippen molar-refractivity contribution in [2.75, 3.05) is 6.16 Å². The second-order valence-electron chi connectivity index (χ2n) is 29.0. The van der Waals surface area contributed by atoms with E-state index in [9.17, 15) is 24.7 Å². The van der Waals surface area contributed by atoms with Gasteiger partial charge >= 0.3 is 0 Å². The van der Waals surface area contributed by atoms with Crippen LogP contribution in [-0.4, -0.2) is 59.0 Å². The average Bonchev–Trinajstić information content (AvgIpc) is 4.21. The molecule has 6 nitrogen and oxygen atoms in total. The Bertz CT molecular complexity index is 2450. The van der Waals surface area contributed by atoms with Gasteiger partial charge in [-0.1, -0.05) is 165 Å². The zero-order valence-corrected chi connectivity index (χ0v) is 59.0. The Balaban J connectivity index is 0.000000221. The fourth-order valence-corrected chi connectivity index (χ4v) is 20.6. The first kappa shape index (κ1) is 70.3. The fourth-order valence-electron chi connectivity index (χ4n) is 16.4. The lowest BCUT2D eigenvalue weighted by Crippen LogP contribution is -2.39. The highest BCUT2D eigenvalue weighted by Gasteiger charge is 2.53. The molecule has 2 aromatic carbocycles. The first-order chi connectivity index (χ1) is 38.0. The van der Waals surface area contributed by atoms with Gasteiger partial charge in [-0.25, -0.2) is 0 Å². The number of ketones is 1. The van der Waals surface area contributed by atoms with Gasteiger partial charge in [0.2, 0.25) is 0 Å². The summed E-state index contributed by atoms with van der Waals surface area (Å²) in [5.74, 6) is 5.69. The van der Waals surface area contributed by atoms with Crippen LogP contribution in [0.1, 0.15) is 198 Å². The number of aliphatic hydroxyl groups excluding tert-OH is 2. The molecular weight excluding hydrogens is 1260 g/mol. The molecule has 0 aromatic heterocycles. The van der Waals surface area contributed by atoms with E-state index in [1.165, 1.54) is 81.8 Å². The summed E-state index contributed by atoms with van der Waals surface area (Å²) < 4.78 is 20.4. The lowest BCUT2D eigenvalue weighted by molar-refractivity contribution is -0.130. The van der Waals surface area contributed by atoms with Crippen LogP contribution < -0.4 is 10.6 Å². The number of Topliss-reactive ketones (excluding diaryl/α,β-unsaturated/α-hetero) is 1. The van der Waals surface area contributed by atoms with Crippen LogP contribution in [0.15, 0.2) is 120 Å². The van der Waals surface area contributed by atoms with Crippen molar-refractivity contribution in [3.05, 3.63) is 120 Å². The van der Waals surface area contributed by atoms with Crippen molar-refractivity contribution in [3.63, 3.8) is 0 Å². The smallest absolute Gasteiger partial charge is 0.184 e. The second kappa shape index (κ2) is 31.0. The molecule has 0 amide bonds. The van der Waals surface area contributed by atoms with Gasteiger partial charge in [0.25, 0.3) is 0 Å². The van der Waals surface area contributed by atoms with Crippen LogP contribution in [0.2, 0.25) is 19.6 Å². The lowest BCUT2D eigenvalue weighted by atomic mass is 9.60. The van der Waals surface area contributed by atoms with Crippen molar-refractivity contribution >= 4 is 69.1 Å². The number of carbonyl (C=O) groups excluding carboxylic acids is 1. The Morgan fingerprint density at radius 1 is 0.741 bits per heavy atom. The normalized spacial score (nSPS) is 31.2. The number of hydrogen-bond donors (Lipinski definition) is 3. The SMILES string of the molecule is C=C1/C(=C\C=C2/CCC[C@@]3(C)C2CC[C@@H]3[C@H](C)CCCC(C)(C)O)C[C@H](O)C[C@@H]1O.C=C1/C(=C\CP(=O)(c2ccccc2)c2ccccc2)C[C@H](C)C[C@@H]1C.C[C@H](CCCC(C)(C)O[Si](C)(C)C)[C@H]1CC[C@@H]2C(=O)CCC[C@@]21C.II. The molecule has 8 rings (SSSR count). The third kappa shape index (κ3) is 19.5. The molecule has 10 heteroatoms. The maximum atomic E-state index is 14.1. The van der Waals surface area contributed by atoms with E-state index in [4.69, 9.17) is 4.43 Å². The van der Waals surface area contributed by atoms with Gasteiger partial charge in [-0.05, 0) is 212 Å². The molecule has 0 saturated heterocycles. The van der Waals surface area contributed by atoms with Crippen molar-refractivity contribution in [2.24, 2.45) is 58.2 Å². The number of hydrogen-bond acceptors (Lipinski definition) is 6. The molecule has 3 N–H and O–H groups in total. The minimum atomic E-state index is -2.67. The van der Waals surface area contributed by atoms with Gasteiger partial charge in [0, 0.05) is 72.8 Å². The van der Waals surface area contributed by atoms with E-state index in [1.807, 2.05) is 74.5 Å². The van der Waals surface area contributed by atoms with Crippen LogP contribution in [0, 0.1) is 58.2 Å². The molecule has 6 aliphatic carbocycles. The molecule has 0 aliphatic heterocycles. The maximum Gasteiger partial charge on any atom is 0.184 e. The molecule has 1 unspecified atom stereocenters. The van der Waals surface area contributed by atoms with Crippen LogP contribution in [0.5, 0.6) is 0 Å². The van der Waals surface area contributed by atoms with E-state index in [2.05, 4.69) is 144 Å². The highest BCUT2D eigenvalue weighted by Crippen LogP contribution is 2.60. The third-order valence-electron chi connectivity index (χ3n) is 20.4. The van der Waals surface area contributed by atoms with E-state index in [-0.39, 0.29) is 5.60 Å². The van der Waals surface area contributed by atoms with Gasteiger partial charge in [-0.2, -0.15) is 0 Å². The molecule has 0 radical (unpaired) electrons. The lowest BCUT2D eigenvalue weighted by Gasteiger charge is -2.44. The summed E-state index contributed by atoms with van der Waals surface area (Å²) in [6.45, 7) is 37.9. The topological polar surface area (TPSA) is 104 Å². The van der Waals surface area contributed by atoms with Crippen LogP contribution in [0.3, 0.4) is 0 Å². The molecule has 0 heterocycles. The quantitative estimate of drug-likeness (QED) is 0.0828. The summed E-state index contributed by atoms with van der Waals surface area (Å²) >= 11 is 4.24. The number of fused-ring (bicyclic) bond motifs is 2. The van der Waals surface area contributed by atoms with Crippen molar-refractivity contribution in [1.29, 1.82) is 0 Å². The number of carbonyl (C=O) groups is 1. The minimum absolute atomic E-state index is 0.00705. The Kier molecular flexibility index (Phi) is 26.9. The van der Waals surface area contributed by atoms with E-state index in [0.29, 0.717) is 65.2 Å². The zero-order chi connectivity index (χ0) is 60.1. The molecule has 12 atom stereocenters. The Morgan fingerprint density at radius 3 is 1.80 bits per heavy atom. The monoisotopic (exact) mass is 1370 g/mol. The Hall–Kier alpha value is -1.44. The van der Waals surface area contributed by atoms with Gasteiger partial charge in [0.15, 0.2) is 8.32 Å². The maximum absolute atomic E-state index is 14.1. The van der Waals surface area contributed by atoms with Gasteiger partial charge in [-0.3, -0.25) is 4.79 Å². The molecule has 6 fully saturated rings. The summed E-state index contributed by atoms with van der Waals surface area (Å²) in [7, 11) is -4.15. The molecule has 2 aromatic rings. The summed E-state index contributed by atoms with van der Waals surface area (Å²) in [4.78, 5) is 12.3. The van der Waals surface area contributed by atoms with E-state index in [0.717, 1.165) is 84.5 Å². The van der Waals surface area contributed by atoms with Crippen molar-refractivity contribution < 1.29 is 29.1 Å². The second-order valence-corrected chi connectivity index (χ2v) is 36.4. The predicted molar refractivity (Wildman–Crippen MR) is 366 cm³/mol. The van der Waals surface area contributed by atoms with Crippen LogP contribution >= 0.6 is 44.4 Å². The zero-order valence-electron chi connectivity index (χ0n) is 52.8. The molecular formula is C71H111I2O6PSi. The van der Waals surface area contributed by atoms with Crippen LogP contribution in [0.25, 0.3) is 0 Å². The number of allylic oxidation sites excluding steroid dienone is 6. The first-order valence-corrected chi connectivity index (χ1v) is 43.2. The van der Waals surface area contributed by atoms with Crippen molar-refractivity contribution in [2.45, 2.75) is 241 Å². The summed E-state index contributed by atoms with van der Waals surface area (Å²) in [5.41, 5.74) is 6.00. The molecule has 0 spiro atoms. The standard InChI is InChI=1S/C27H44O3.C23H27OP.C21H40O2Si.I2/c1-18(8-6-14-26(3,4)30)23-12-13-24-20(9-7-15-27(23,24)5)10-11-21-16-22(28)17-25(29)19(21)2;1-18-16-19(2)20(3)21(17-18)14-15-25(24,22-10-6-4-7-11-22)23-12-8-5-9-13-23;1-16(10-8-14-20(2,3)23-24(5,6)7)17-12-13-18-19(22)11-9-15-21(17,18)4;1-2/h10-11,18,22-25,28-30H,2,6-9,12-17H2,1,3-5H3;4-14,18-19H,3,15-17H2,1-2H3;16-18H,8-15H2,1-7H3;/b20-10+,21-11-;21-14-;;/t18-,22+,23-,24?,25+,27-;18-,19+;16-,17-,18-,21-;/m111./s1. The van der Waals surface area contributed by atoms with Crippen molar-refractivity contribution in [3.8, 4) is 0 Å². The summed E-state index contributed by atoms with van der Waals surface area (Å²) in [6, 6.07) is 19.8. The van der Waals surface area contributed by atoms with E-state index in [1.54, 1.807) is 5.57 Å². The fraction of sp³-hybridized carbons (Fsp3) is 0.676. The summed E-state index contributed by atoms with van der Waals surface area (Å²) in [6.07, 6.45) is 28.2. The summed E-state index contributed by atoms with van der Waals surface area (Å²) in [5, 5.41) is 32.1. The van der Waals surface area contributed by atoms with E-state index < -0.39 is 33.3 Å². The Morgan fingerprint density at radius 2 is 1.26 bits per heavy atom. The van der Waals surface area contributed by atoms with Gasteiger partial charge in [0.1, 0.15) is 12.9 Å². The van der Waals surface area contributed by atoms with Crippen LogP contribution in [0.4, 0.5) is 0 Å². The number of aliphatic hydroxyl groups is 3. The Labute approximate surface area is 519 Å². The van der Waals surface area contributed by atoms with Crippen molar-refractivity contribution in [1.82, 2.24) is 0 Å². The number of benzene rings is 2. The number of halogens is 2. The van der Waals surface area contributed by atoms with Gasteiger partial charge < -0.3 is 24.3 Å². The molecule has 0 bridgehead atoms. The highest BCUT2D eigenvalue weighted by atomic mass is 128. The van der Waals surface area contributed by atoms with Crippen LogP contribution in [-0.2, 0) is 13.8 Å². The third-order valence-corrected chi connectivity index (χ3v) is 24.5. The van der Waals surface area contributed by atoms with Gasteiger partial charge in [0.05, 0.1) is 23.4 Å². The number of rotatable bonds is 17. The average molecular weight is 1370 g/mol. The first-order valence-electron chi connectivity index (χ1n) is 31.6. The molecule has 6 saturated carbocycles. The van der Waals surface area contributed by atoms with Gasteiger partial charge in [-0.15, -0.1) is 0 Å². The molecule has 454 valence electrons. The highest BCUT2D eigenvalue weighted by molar-refractivity contribution is 15.0. The minimum Gasteiger partial charge on any atom is -0.413 e. The molecule has 81 heavy (non-hydrogen) atoms. The predicted octanol–water partition coefficient (Wildman–Crippen LogP) is 19.2.